The van der Waals surface area contributed by atoms with Crippen LogP contribution in [0, 0.1) is 18.3 Å². The number of amides is 2. The molecule has 1 aliphatic rings. The lowest BCUT2D eigenvalue weighted by atomic mass is 10.1. The van der Waals surface area contributed by atoms with Crippen molar-refractivity contribution in [1.29, 1.82) is 5.26 Å². The Morgan fingerprint density at radius 1 is 0.957 bits per heavy atom. The number of carbonyl (C=O) groups excluding carboxylic acids is 2. The van der Waals surface area contributed by atoms with Crippen molar-refractivity contribution in [2.75, 3.05) is 45.8 Å². The molecule has 1 saturated heterocycles. The average molecular weight is 685 g/mol. The summed E-state index contributed by atoms with van der Waals surface area (Å²) in [6.07, 6.45) is 3.51. The number of sulfonamides is 1. The summed E-state index contributed by atoms with van der Waals surface area (Å²) >= 11 is 12.6. The van der Waals surface area contributed by atoms with Crippen molar-refractivity contribution >= 4 is 45.0 Å². The minimum atomic E-state index is -4.20. The third-order valence-corrected chi connectivity index (χ3v) is 11.0. The van der Waals surface area contributed by atoms with Crippen LogP contribution in [0.1, 0.15) is 41.5 Å². The van der Waals surface area contributed by atoms with Gasteiger partial charge >= 0.3 is 0 Å². The highest BCUT2D eigenvalue weighted by atomic mass is 35.5. The summed E-state index contributed by atoms with van der Waals surface area (Å²) in [4.78, 5) is 30.6. The highest BCUT2D eigenvalue weighted by molar-refractivity contribution is 7.89. The zero-order chi connectivity index (χ0) is 33.1. The monoisotopic (exact) mass is 683 g/mol. The Labute approximate surface area is 281 Å². The number of hydrogen-bond acceptors (Lipinski definition) is 6. The smallest absolute Gasteiger partial charge is 0.245 e. The Morgan fingerprint density at radius 2 is 1.65 bits per heavy atom. The molecule has 0 radical (unpaired) electrons. The van der Waals surface area contributed by atoms with Gasteiger partial charge in [-0.05, 0) is 93.2 Å². The Kier molecular flexibility index (Phi) is 13.0. The van der Waals surface area contributed by atoms with Crippen LogP contribution in [0.4, 0.5) is 0 Å². The Bertz CT molecular complexity index is 1640. The van der Waals surface area contributed by atoms with Crippen LogP contribution in [-0.2, 0) is 32.6 Å². The van der Waals surface area contributed by atoms with Gasteiger partial charge in [0.15, 0.2) is 0 Å². The van der Waals surface area contributed by atoms with Gasteiger partial charge < -0.3 is 15.1 Å². The second kappa shape index (κ2) is 16.9. The van der Waals surface area contributed by atoms with Gasteiger partial charge in [-0.15, -0.1) is 0 Å². The molecule has 244 valence electrons. The second-order valence-electron chi connectivity index (χ2n) is 11.4. The molecule has 0 atom stereocenters. The minimum absolute atomic E-state index is 0.000159. The molecule has 0 aromatic heterocycles. The number of carbonyl (C=O) groups is 2. The van der Waals surface area contributed by atoms with Crippen LogP contribution in [0.2, 0.25) is 10.0 Å². The van der Waals surface area contributed by atoms with Crippen molar-refractivity contribution in [3.8, 4) is 6.07 Å². The number of hydrogen-bond donors (Lipinski definition) is 1. The molecule has 3 aromatic carbocycles. The lowest BCUT2D eigenvalue weighted by Gasteiger charge is -2.25. The Balaban J connectivity index is 1.45. The molecular formula is C34H39Cl2N5O4S. The molecule has 0 spiro atoms. The SMILES string of the molecule is Cc1c(Cl)ccc(S(=O)(=O)N(CCc2ccccc2)CC(=O)NCC(=O)N(CCCN2CCCC2)Cc2ccc(C#N)cc2)c1Cl. The summed E-state index contributed by atoms with van der Waals surface area (Å²) in [5.74, 6) is -0.892. The molecule has 2 amide bonds. The first-order valence-corrected chi connectivity index (χ1v) is 17.5. The van der Waals surface area contributed by atoms with Crippen LogP contribution in [0.25, 0.3) is 0 Å². The van der Waals surface area contributed by atoms with E-state index in [1.807, 2.05) is 42.5 Å². The lowest BCUT2D eigenvalue weighted by molar-refractivity contribution is -0.133. The summed E-state index contributed by atoms with van der Waals surface area (Å²) in [7, 11) is -4.20. The molecule has 9 nitrogen and oxygen atoms in total. The summed E-state index contributed by atoms with van der Waals surface area (Å²) in [6.45, 7) is 4.69. The summed E-state index contributed by atoms with van der Waals surface area (Å²) < 4.78 is 28.7. The largest absolute Gasteiger partial charge is 0.346 e. The zero-order valence-electron chi connectivity index (χ0n) is 25.9. The normalized spacial score (nSPS) is 13.5. The fourth-order valence-electron chi connectivity index (χ4n) is 5.35. The van der Waals surface area contributed by atoms with E-state index in [9.17, 15) is 18.0 Å². The molecule has 1 aliphatic heterocycles. The first-order valence-electron chi connectivity index (χ1n) is 15.3. The number of nitrogens with one attached hydrogen (secondary N) is 1. The van der Waals surface area contributed by atoms with Gasteiger partial charge in [0.05, 0.1) is 29.7 Å². The molecule has 3 aromatic rings. The highest BCUT2D eigenvalue weighted by Gasteiger charge is 2.30. The number of benzene rings is 3. The maximum absolute atomic E-state index is 13.8. The molecule has 0 unspecified atom stereocenters. The number of rotatable bonds is 15. The van der Waals surface area contributed by atoms with Gasteiger partial charge in [0.1, 0.15) is 4.90 Å². The van der Waals surface area contributed by atoms with Crippen LogP contribution in [0.15, 0.2) is 71.6 Å². The Hall–Kier alpha value is -3.46. The van der Waals surface area contributed by atoms with E-state index in [-0.39, 0.29) is 28.9 Å². The average Bonchev–Trinajstić information content (AvgIpc) is 3.58. The quantitative estimate of drug-likeness (QED) is 0.240. The van der Waals surface area contributed by atoms with Gasteiger partial charge in [-0.2, -0.15) is 9.57 Å². The molecule has 0 aliphatic carbocycles. The van der Waals surface area contributed by atoms with Crippen LogP contribution in [0.3, 0.4) is 0 Å². The van der Waals surface area contributed by atoms with E-state index >= 15 is 0 Å². The Morgan fingerprint density at radius 3 is 2.33 bits per heavy atom. The van der Waals surface area contributed by atoms with Crippen LogP contribution in [0.5, 0.6) is 0 Å². The highest BCUT2D eigenvalue weighted by Crippen LogP contribution is 2.32. The number of halogens is 2. The van der Waals surface area contributed by atoms with Gasteiger partial charge in [0.2, 0.25) is 21.8 Å². The topological polar surface area (TPSA) is 114 Å². The van der Waals surface area contributed by atoms with Crippen molar-refractivity contribution in [3.05, 3.63) is 99.0 Å². The lowest BCUT2D eigenvalue weighted by Crippen LogP contribution is -2.45. The third kappa shape index (κ3) is 9.77. The molecule has 12 heteroatoms. The van der Waals surface area contributed by atoms with E-state index in [1.165, 1.54) is 25.0 Å². The fraction of sp³-hybridized carbons (Fsp3) is 0.382. The second-order valence-corrected chi connectivity index (χ2v) is 14.1. The third-order valence-electron chi connectivity index (χ3n) is 8.06. The molecule has 0 saturated carbocycles. The van der Waals surface area contributed by atoms with Gasteiger partial charge in [-0.25, -0.2) is 8.42 Å². The van der Waals surface area contributed by atoms with E-state index in [0.29, 0.717) is 35.7 Å². The molecule has 1 N–H and O–H groups in total. The van der Waals surface area contributed by atoms with Crippen molar-refractivity contribution in [1.82, 2.24) is 19.4 Å². The minimum Gasteiger partial charge on any atom is -0.346 e. The molecule has 0 bridgehead atoms. The van der Waals surface area contributed by atoms with E-state index in [1.54, 1.807) is 24.0 Å². The molecular weight excluding hydrogens is 645 g/mol. The maximum atomic E-state index is 13.8. The summed E-state index contributed by atoms with van der Waals surface area (Å²) in [5, 5.41) is 12.1. The first kappa shape index (κ1) is 35.4. The standard InChI is InChI=1S/C34H39Cl2N5O4S/c1-26-30(35)14-15-31(34(26)36)46(44,45)41(21-16-27-8-3-2-4-9-27)25-32(42)38-23-33(43)40(20-7-19-39-17-5-6-18-39)24-29-12-10-28(22-37)11-13-29/h2-4,8-15H,5-7,16-21,23-25H2,1H3,(H,38,42). The van der Waals surface area contributed by atoms with Crippen molar-refractivity contribution in [2.24, 2.45) is 0 Å². The van der Waals surface area contributed by atoms with E-state index in [0.717, 1.165) is 41.5 Å². The summed E-state index contributed by atoms with van der Waals surface area (Å²) in [5.41, 5.74) is 2.73. The predicted octanol–water partition coefficient (Wildman–Crippen LogP) is 5.04. The van der Waals surface area contributed by atoms with Gasteiger partial charge in [-0.3, -0.25) is 9.59 Å². The first-order chi connectivity index (χ1) is 22.1. The predicted molar refractivity (Wildman–Crippen MR) is 180 cm³/mol. The fourth-order valence-corrected chi connectivity index (χ4v) is 7.53. The van der Waals surface area contributed by atoms with Gasteiger partial charge in [0, 0.05) is 24.7 Å². The van der Waals surface area contributed by atoms with E-state index in [2.05, 4.69) is 16.3 Å². The zero-order valence-corrected chi connectivity index (χ0v) is 28.3. The van der Waals surface area contributed by atoms with Crippen LogP contribution in [-0.4, -0.2) is 80.2 Å². The van der Waals surface area contributed by atoms with Crippen molar-refractivity contribution < 1.29 is 18.0 Å². The number of nitriles is 1. The molecule has 1 fully saturated rings. The molecule has 4 rings (SSSR count). The van der Waals surface area contributed by atoms with E-state index < -0.39 is 22.5 Å². The number of nitrogens with zero attached hydrogens (tertiary/aromatic N) is 4. The number of likely N-dealkylation sites (tertiary alicyclic amines) is 1. The van der Waals surface area contributed by atoms with Crippen LogP contribution < -0.4 is 5.32 Å². The van der Waals surface area contributed by atoms with E-state index in [4.69, 9.17) is 28.5 Å². The maximum Gasteiger partial charge on any atom is 0.245 e. The van der Waals surface area contributed by atoms with Crippen molar-refractivity contribution in [3.63, 3.8) is 0 Å². The summed E-state index contributed by atoms with van der Waals surface area (Å²) in [6, 6.07) is 21.3. The molecule has 1 heterocycles. The van der Waals surface area contributed by atoms with Crippen LogP contribution >= 0.6 is 23.2 Å². The van der Waals surface area contributed by atoms with Crippen molar-refractivity contribution in [2.45, 2.75) is 44.0 Å². The molecule has 46 heavy (non-hydrogen) atoms. The van der Waals surface area contributed by atoms with Gasteiger partial charge in [-0.1, -0.05) is 65.7 Å². The van der Waals surface area contributed by atoms with Gasteiger partial charge in [0.25, 0.3) is 0 Å².